The molecule has 0 radical (unpaired) electrons. The third-order valence-corrected chi connectivity index (χ3v) is 6.97. The van der Waals surface area contributed by atoms with Gasteiger partial charge in [0.05, 0.1) is 10.5 Å². The van der Waals surface area contributed by atoms with Crippen molar-refractivity contribution in [1.29, 1.82) is 0 Å². The third-order valence-electron chi connectivity index (χ3n) is 5.08. The first kappa shape index (κ1) is 22.0. The number of piperidine rings is 1. The molecule has 30 heavy (non-hydrogen) atoms. The molecule has 1 amide bonds. The number of carbonyl (C=O) groups excluding carboxylic acids is 2. The molecule has 2 aromatic rings. The van der Waals surface area contributed by atoms with E-state index < -0.39 is 28.0 Å². The summed E-state index contributed by atoms with van der Waals surface area (Å²) in [4.78, 5) is 25.0. The lowest BCUT2D eigenvalue weighted by molar-refractivity contribution is -0.123. The van der Waals surface area contributed by atoms with Crippen LogP contribution in [0.2, 0.25) is 0 Å². The Morgan fingerprint density at radius 3 is 2.37 bits per heavy atom. The number of anilines is 1. The second-order valence-electron chi connectivity index (χ2n) is 7.34. The number of para-hydroxylation sites is 1. The zero-order chi connectivity index (χ0) is 21.7. The molecule has 0 bridgehead atoms. The van der Waals surface area contributed by atoms with Crippen LogP contribution in [0.1, 0.15) is 42.1 Å². The number of benzene rings is 2. The van der Waals surface area contributed by atoms with Crippen LogP contribution in [0.5, 0.6) is 0 Å². The van der Waals surface area contributed by atoms with Gasteiger partial charge in [0.2, 0.25) is 10.0 Å². The summed E-state index contributed by atoms with van der Waals surface area (Å²) in [6.45, 7) is 4.13. The molecule has 2 aromatic carbocycles. The van der Waals surface area contributed by atoms with Crippen LogP contribution in [0.4, 0.5) is 5.69 Å². The number of esters is 1. The maximum absolute atomic E-state index is 12.9. The van der Waals surface area contributed by atoms with E-state index in [4.69, 9.17) is 4.74 Å². The van der Waals surface area contributed by atoms with E-state index in [1.807, 2.05) is 6.07 Å². The predicted octanol–water partition coefficient (Wildman–Crippen LogP) is 3.35. The van der Waals surface area contributed by atoms with E-state index >= 15 is 0 Å². The number of nitrogens with zero attached hydrogens (tertiary/aromatic N) is 1. The lowest BCUT2D eigenvalue weighted by Crippen LogP contribution is -2.35. The number of nitrogens with one attached hydrogen (secondary N) is 1. The molecule has 1 aliphatic heterocycles. The Morgan fingerprint density at radius 1 is 1.03 bits per heavy atom. The molecule has 0 unspecified atom stereocenters. The van der Waals surface area contributed by atoms with Crippen molar-refractivity contribution in [1.82, 2.24) is 4.31 Å². The van der Waals surface area contributed by atoms with Gasteiger partial charge >= 0.3 is 5.97 Å². The van der Waals surface area contributed by atoms with Crippen LogP contribution in [0.3, 0.4) is 0 Å². The molecular weight excluding hydrogens is 404 g/mol. The minimum atomic E-state index is -3.67. The van der Waals surface area contributed by atoms with E-state index in [0.29, 0.717) is 24.3 Å². The van der Waals surface area contributed by atoms with E-state index in [2.05, 4.69) is 5.32 Å². The second-order valence-corrected chi connectivity index (χ2v) is 9.28. The zero-order valence-electron chi connectivity index (χ0n) is 17.1. The molecule has 8 heteroatoms. The molecule has 1 heterocycles. The van der Waals surface area contributed by atoms with Crippen LogP contribution < -0.4 is 5.32 Å². The number of hydrogen-bond acceptors (Lipinski definition) is 5. The highest BCUT2D eigenvalue weighted by Crippen LogP contribution is 2.23. The Bertz CT molecular complexity index is 1020. The molecule has 1 saturated heterocycles. The van der Waals surface area contributed by atoms with E-state index in [1.165, 1.54) is 23.4 Å². The molecule has 1 N–H and O–H groups in total. The Kier molecular flexibility index (Phi) is 6.89. The SMILES string of the molecule is Cc1ccc(S(=O)(=O)N2CCCCC2)cc1C(=O)O[C@H](C)C(=O)Nc1ccccc1. The van der Waals surface area contributed by atoms with Crippen LogP contribution in [0.15, 0.2) is 53.4 Å². The Morgan fingerprint density at radius 2 is 1.70 bits per heavy atom. The number of carbonyl (C=O) groups is 2. The van der Waals surface area contributed by atoms with Crippen LogP contribution in [0, 0.1) is 6.92 Å². The standard InChI is InChI=1S/C22H26N2O5S/c1-16-11-12-19(30(27,28)24-13-7-4-8-14-24)15-20(16)22(26)29-17(2)21(25)23-18-9-5-3-6-10-18/h3,5-6,9-12,15,17H,4,7-8,13-14H2,1-2H3,(H,23,25)/t17-/m1/s1. The van der Waals surface area contributed by atoms with Crippen molar-refractivity contribution in [3.63, 3.8) is 0 Å². The minimum absolute atomic E-state index is 0.0586. The van der Waals surface area contributed by atoms with Crippen LogP contribution in [-0.4, -0.2) is 43.8 Å². The van der Waals surface area contributed by atoms with Gasteiger partial charge in [0.1, 0.15) is 0 Å². The van der Waals surface area contributed by atoms with Gasteiger partial charge < -0.3 is 10.1 Å². The van der Waals surface area contributed by atoms with Gasteiger partial charge in [0.25, 0.3) is 5.91 Å². The van der Waals surface area contributed by atoms with Gasteiger partial charge in [-0.15, -0.1) is 0 Å². The van der Waals surface area contributed by atoms with Crippen LogP contribution in [-0.2, 0) is 19.6 Å². The molecule has 1 aliphatic rings. The molecule has 160 valence electrons. The summed E-state index contributed by atoms with van der Waals surface area (Å²) in [5.74, 6) is -1.21. The van der Waals surface area contributed by atoms with Gasteiger partial charge in [-0.3, -0.25) is 4.79 Å². The lowest BCUT2D eigenvalue weighted by atomic mass is 10.1. The molecule has 0 aromatic heterocycles. The van der Waals surface area contributed by atoms with Gasteiger partial charge in [-0.05, 0) is 56.5 Å². The molecule has 0 aliphatic carbocycles. The minimum Gasteiger partial charge on any atom is -0.449 e. The maximum atomic E-state index is 12.9. The number of hydrogen-bond donors (Lipinski definition) is 1. The summed E-state index contributed by atoms with van der Waals surface area (Å²) >= 11 is 0. The average Bonchev–Trinajstić information content (AvgIpc) is 2.75. The lowest BCUT2D eigenvalue weighted by Gasteiger charge is -2.26. The highest BCUT2D eigenvalue weighted by Gasteiger charge is 2.28. The number of ether oxygens (including phenoxy) is 1. The summed E-state index contributed by atoms with van der Waals surface area (Å²) in [6.07, 6.45) is 1.63. The maximum Gasteiger partial charge on any atom is 0.339 e. The number of sulfonamides is 1. The number of aryl methyl sites for hydroxylation is 1. The summed E-state index contributed by atoms with van der Waals surface area (Å²) < 4.78 is 32.6. The molecular formula is C22H26N2O5S. The Balaban J connectivity index is 1.74. The van der Waals surface area contributed by atoms with E-state index in [9.17, 15) is 18.0 Å². The highest BCUT2D eigenvalue weighted by molar-refractivity contribution is 7.89. The van der Waals surface area contributed by atoms with Crippen molar-refractivity contribution in [2.24, 2.45) is 0 Å². The molecule has 1 atom stereocenters. The first-order valence-corrected chi connectivity index (χ1v) is 11.4. The van der Waals surface area contributed by atoms with Gasteiger partial charge in [-0.2, -0.15) is 4.31 Å². The smallest absolute Gasteiger partial charge is 0.339 e. The molecule has 0 saturated carbocycles. The normalized spacial score (nSPS) is 15.9. The van der Waals surface area contributed by atoms with Crippen molar-refractivity contribution >= 4 is 27.6 Å². The fourth-order valence-corrected chi connectivity index (χ4v) is 4.82. The summed E-state index contributed by atoms with van der Waals surface area (Å²) in [7, 11) is -3.67. The topological polar surface area (TPSA) is 92.8 Å². The fraction of sp³-hybridized carbons (Fsp3) is 0.364. The summed E-state index contributed by atoms with van der Waals surface area (Å²) in [5, 5.41) is 2.67. The van der Waals surface area contributed by atoms with Gasteiger partial charge in [-0.25, -0.2) is 13.2 Å². The first-order chi connectivity index (χ1) is 14.3. The van der Waals surface area contributed by atoms with E-state index in [0.717, 1.165) is 19.3 Å². The molecule has 1 fully saturated rings. The molecule has 7 nitrogen and oxygen atoms in total. The van der Waals surface area contributed by atoms with E-state index in [-0.39, 0.29) is 10.5 Å². The largest absolute Gasteiger partial charge is 0.449 e. The second kappa shape index (κ2) is 9.40. The predicted molar refractivity (Wildman–Crippen MR) is 114 cm³/mol. The van der Waals surface area contributed by atoms with Crippen molar-refractivity contribution in [2.45, 2.75) is 44.1 Å². The van der Waals surface area contributed by atoms with Gasteiger partial charge in [0.15, 0.2) is 6.10 Å². The van der Waals surface area contributed by atoms with E-state index in [1.54, 1.807) is 37.3 Å². The van der Waals surface area contributed by atoms with Crippen molar-refractivity contribution < 1.29 is 22.7 Å². The molecule has 3 rings (SSSR count). The van der Waals surface area contributed by atoms with Crippen LogP contribution >= 0.6 is 0 Å². The number of amides is 1. The summed E-state index contributed by atoms with van der Waals surface area (Å²) in [6, 6.07) is 13.3. The first-order valence-electron chi connectivity index (χ1n) is 9.97. The van der Waals surface area contributed by atoms with Crippen molar-refractivity contribution in [2.75, 3.05) is 18.4 Å². The van der Waals surface area contributed by atoms with Crippen LogP contribution in [0.25, 0.3) is 0 Å². The summed E-state index contributed by atoms with van der Waals surface area (Å²) in [5.41, 5.74) is 1.30. The van der Waals surface area contributed by atoms with Crippen molar-refractivity contribution in [3.8, 4) is 0 Å². The Hall–Kier alpha value is -2.71. The Labute approximate surface area is 177 Å². The third kappa shape index (κ3) is 5.06. The monoisotopic (exact) mass is 430 g/mol. The average molecular weight is 431 g/mol. The molecule has 0 spiro atoms. The number of rotatable bonds is 6. The highest BCUT2D eigenvalue weighted by atomic mass is 32.2. The quantitative estimate of drug-likeness (QED) is 0.710. The van der Waals surface area contributed by atoms with Gasteiger partial charge in [-0.1, -0.05) is 30.7 Å². The van der Waals surface area contributed by atoms with Crippen molar-refractivity contribution in [3.05, 3.63) is 59.7 Å². The van der Waals surface area contributed by atoms with Gasteiger partial charge in [0, 0.05) is 18.8 Å². The fourth-order valence-electron chi connectivity index (χ4n) is 3.28. The zero-order valence-corrected chi connectivity index (χ0v) is 17.9.